The van der Waals surface area contributed by atoms with Gasteiger partial charge in [-0.15, -0.1) is 6.58 Å². The molecule has 0 aliphatic carbocycles. The van der Waals surface area contributed by atoms with Gasteiger partial charge < -0.3 is 15.5 Å². The summed E-state index contributed by atoms with van der Waals surface area (Å²) in [5.41, 5.74) is 7.10. The van der Waals surface area contributed by atoms with E-state index < -0.39 is 12.1 Å². The number of rotatable bonds is 13. The highest BCUT2D eigenvalue weighted by molar-refractivity contribution is 9.10. The Morgan fingerprint density at radius 2 is 1.94 bits per heavy atom. The van der Waals surface area contributed by atoms with E-state index in [1.165, 1.54) is 0 Å². The summed E-state index contributed by atoms with van der Waals surface area (Å²) in [6, 6.07) is 4.22. The zero-order valence-electron chi connectivity index (χ0n) is 19.2. The highest BCUT2D eigenvalue weighted by Gasteiger charge is 2.33. The van der Waals surface area contributed by atoms with Crippen LogP contribution in [0.2, 0.25) is 5.02 Å². The predicted octanol–water partition coefficient (Wildman–Crippen LogP) is 5.05. The lowest BCUT2D eigenvalue weighted by atomic mass is 9.99. The third-order valence-electron chi connectivity index (χ3n) is 5.28. The molecule has 0 aliphatic rings. The van der Waals surface area contributed by atoms with Crippen molar-refractivity contribution < 1.29 is 9.59 Å². The van der Waals surface area contributed by atoms with E-state index in [-0.39, 0.29) is 11.8 Å². The maximum atomic E-state index is 13.5. The normalized spacial score (nSPS) is 13.0. The average Bonchev–Trinajstić information content (AvgIpc) is 2.72. The molecular formula is C24H37BrClN3O2. The van der Waals surface area contributed by atoms with E-state index in [2.05, 4.69) is 22.5 Å². The minimum atomic E-state index is -0.644. The fourth-order valence-corrected chi connectivity index (χ4v) is 4.20. The van der Waals surface area contributed by atoms with Gasteiger partial charge in [0.2, 0.25) is 11.8 Å². The van der Waals surface area contributed by atoms with Crippen LogP contribution in [0.15, 0.2) is 35.3 Å². The second-order valence-corrected chi connectivity index (χ2v) is 9.65. The Morgan fingerprint density at radius 3 is 2.52 bits per heavy atom. The number of halogens is 2. The number of likely N-dealkylation sites (N-methyl/N-ethyl adjacent to an activating group) is 2. The van der Waals surface area contributed by atoms with Crippen molar-refractivity contribution in [2.24, 2.45) is 11.7 Å². The molecule has 2 amide bonds. The van der Waals surface area contributed by atoms with Gasteiger partial charge in [-0.25, -0.2) is 0 Å². The average molecular weight is 515 g/mol. The van der Waals surface area contributed by atoms with Crippen LogP contribution in [-0.4, -0.2) is 53.8 Å². The van der Waals surface area contributed by atoms with Crippen LogP contribution in [0.1, 0.15) is 52.0 Å². The third-order valence-corrected chi connectivity index (χ3v) is 6.29. The number of hydrogen-bond acceptors (Lipinski definition) is 3. The number of benzene rings is 1. The van der Waals surface area contributed by atoms with Gasteiger partial charge in [0.05, 0.1) is 6.04 Å². The Bertz CT molecular complexity index is 742. The Morgan fingerprint density at radius 1 is 1.26 bits per heavy atom. The van der Waals surface area contributed by atoms with Gasteiger partial charge in [0.15, 0.2) is 0 Å². The molecule has 0 bridgehead atoms. The molecule has 0 saturated carbocycles. The topological polar surface area (TPSA) is 66.6 Å². The molecule has 0 radical (unpaired) electrons. The van der Waals surface area contributed by atoms with Crippen LogP contribution in [0.25, 0.3) is 0 Å². The lowest BCUT2D eigenvalue weighted by Gasteiger charge is -2.35. The van der Waals surface area contributed by atoms with E-state index in [0.29, 0.717) is 36.9 Å². The molecule has 1 rings (SSSR count). The van der Waals surface area contributed by atoms with Gasteiger partial charge in [-0.1, -0.05) is 47.5 Å². The number of hydrogen-bond donors (Lipinski definition) is 1. The Kier molecular flexibility index (Phi) is 12.4. The third kappa shape index (κ3) is 8.95. The summed E-state index contributed by atoms with van der Waals surface area (Å²) in [6.07, 6.45) is 5.61. The first-order valence-electron chi connectivity index (χ1n) is 11.0. The maximum Gasteiger partial charge on any atom is 0.245 e. The molecule has 0 spiro atoms. The number of allylic oxidation sites excluding steroid dienone is 1. The minimum absolute atomic E-state index is 0.0857. The molecular weight excluding hydrogens is 478 g/mol. The molecule has 0 aromatic heterocycles. The van der Waals surface area contributed by atoms with Gasteiger partial charge in [0.1, 0.15) is 6.04 Å². The predicted molar refractivity (Wildman–Crippen MR) is 133 cm³/mol. The summed E-state index contributed by atoms with van der Waals surface area (Å²) >= 11 is 9.75. The number of amides is 2. The summed E-state index contributed by atoms with van der Waals surface area (Å²) in [7, 11) is 1.79. The molecule has 5 nitrogen and oxygen atoms in total. The molecule has 31 heavy (non-hydrogen) atoms. The smallest absolute Gasteiger partial charge is 0.245 e. The first-order chi connectivity index (χ1) is 14.6. The molecule has 0 heterocycles. The SMILES string of the molecule is C=CCCCCN(C)C(=O)[C@H](Cc1cc(Cl)ccc1Br)N(CC)C(=O)[C@@H](N)CC(C)C. The van der Waals surface area contributed by atoms with Crippen molar-refractivity contribution in [3.8, 4) is 0 Å². The van der Waals surface area contributed by atoms with Gasteiger partial charge in [0.25, 0.3) is 0 Å². The molecule has 2 atom stereocenters. The summed E-state index contributed by atoms with van der Waals surface area (Å²) in [5.74, 6) is 0.0200. The number of unbranched alkanes of at least 4 members (excludes halogenated alkanes) is 2. The van der Waals surface area contributed by atoms with E-state index in [1.54, 1.807) is 22.9 Å². The monoisotopic (exact) mass is 513 g/mol. The molecule has 0 aliphatic heterocycles. The molecule has 2 N–H and O–H groups in total. The van der Waals surface area contributed by atoms with Crippen LogP contribution < -0.4 is 5.73 Å². The molecule has 1 aromatic rings. The lowest BCUT2D eigenvalue weighted by molar-refractivity contribution is -0.145. The number of carbonyl (C=O) groups is 2. The summed E-state index contributed by atoms with van der Waals surface area (Å²) in [4.78, 5) is 30.0. The van der Waals surface area contributed by atoms with Crippen molar-refractivity contribution in [1.82, 2.24) is 9.80 Å². The standard InChI is InChI=1S/C24H37BrClN3O2/c1-6-8-9-10-13-28(5)24(31)22(16-18-15-19(26)11-12-20(18)25)29(7-2)23(30)21(27)14-17(3)4/h6,11-12,15,17,21-22H,1,7-10,13-14,16,27H2,2-5H3/t21-,22-/m0/s1. The summed E-state index contributed by atoms with van der Waals surface area (Å²) in [6.45, 7) is 10.7. The Balaban J connectivity index is 3.17. The van der Waals surface area contributed by atoms with Crippen LogP contribution in [0.3, 0.4) is 0 Å². The molecule has 174 valence electrons. The van der Waals surface area contributed by atoms with Crippen LogP contribution in [-0.2, 0) is 16.0 Å². The van der Waals surface area contributed by atoms with Crippen LogP contribution in [0, 0.1) is 5.92 Å². The van der Waals surface area contributed by atoms with Crippen molar-refractivity contribution in [3.05, 3.63) is 45.9 Å². The van der Waals surface area contributed by atoms with Crippen molar-refractivity contribution in [3.63, 3.8) is 0 Å². The highest BCUT2D eigenvalue weighted by Crippen LogP contribution is 2.25. The fourth-order valence-electron chi connectivity index (χ4n) is 3.59. The molecule has 7 heteroatoms. The highest BCUT2D eigenvalue weighted by atomic mass is 79.9. The van der Waals surface area contributed by atoms with Crippen LogP contribution >= 0.6 is 27.5 Å². The maximum absolute atomic E-state index is 13.5. The Labute approximate surface area is 201 Å². The van der Waals surface area contributed by atoms with Crippen molar-refractivity contribution in [1.29, 1.82) is 0 Å². The van der Waals surface area contributed by atoms with Gasteiger partial charge >= 0.3 is 0 Å². The summed E-state index contributed by atoms with van der Waals surface area (Å²) < 4.78 is 0.860. The minimum Gasteiger partial charge on any atom is -0.344 e. The lowest BCUT2D eigenvalue weighted by Crippen LogP contribution is -2.55. The zero-order chi connectivity index (χ0) is 23.6. The van der Waals surface area contributed by atoms with Crippen LogP contribution in [0.4, 0.5) is 0 Å². The van der Waals surface area contributed by atoms with Gasteiger partial charge in [-0.2, -0.15) is 0 Å². The molecule has 0 fully saturated rings. The second kappa shape index (κ2) is 13.9. The first kappa shape index (κ1) is 27.7. The van der Waals surface area contributed by atoms with Gasteiger partial charge in [-0.05, 0) is 62.3 Å². The van der Waals surface area contributed by atoms with E-state index in [4.69, 9.17) is 17.3 Å². The van der Waals surface area contributed by atoms with E-state index in [1.807, 2.05) is 39.0 Å². The second-order valence-electron chi connectivity index (χ2n) is 8.36. The largest absolute Gasteiger partial charge is 0.344 e. The number of carbonyl (C=O) groups excluding carboxylic acids is 2. The molecule has 0 unspecified atom stereocenters. The summed E-state index contributed by atoms with van der Waals surface area (Å²) in [5, 5.41) is 0.591. The van der Waals surface area contributed by atoms with E-state index in [0.717, 1.165) is 29.3 Å². The van der Waals surface area contributed by atoms with Crippen molar-refractivity contribution in [2.45, 2.75) is 65.0 Å². The first-order valence-corrected chi connectivity index (χ1v) is 12.1. The zero-order valence-corrected chi connectivity index (χ0v) is 21.6. The van der Waals surface area contributed by atoms with Crippen molar-refractivity contribution >= 4 is 39.3 Å². The Hall–Kier alpha value is -1.37. The molecule has 0 saturated heterocycles. The fraction of sp³-hybridized carbons (Fsp3) is 0.583. The van der Waals surface area contributed by atoms with Gasteiger partial charge in [-0.3, -0.25) is 9.59 Å². The van der Waals surface area contributed by atoms with Crippen LogP contribution in [0.5, 0.6) is 0 Å². The van der Waals surface area contributed by atoms with E-state index in [9.17, 15) is 9.59 Å². The van der Waals surface area contributed by atoms with Crippen molar-refractivity contribution in [2.75, 3.05) is 20.1 Å². The number of nitrogens with zero attached hydrogens (tertiary/aromatic N) is 2. The number of nitrogens with two attached hydrogens (primary N) is 1. The van der Waals surface area contributed by atoms with Gasteiger partial charge in [0, 0.05) is 36.1 Å². The molecule has 1 aromatic carbocycles. The van der Waals surface area contributed by atoms with E-state index >= 15 is 0 Å². The quantitative estimate of drug-likeness (QED) is 0.296.